The lowest BCUT2D eigenvalue weighted by atomic mass is 10.2. The zero-order chi connectivity index (χ0) is 11.4. The van der Waals surface area contributed by atoms with Crippen LogP contribution in [0.1, 0.15) is 5.56 Å². The van der Waals surface area contributed by atoms with Crippen molar-refractivity contribution in [1.82, 2.24) is 0 Å². The highest BCUT2D eigenvalue weighted by atomic mass is 127. The van der Waals surface area contributed by atoms with Gasteiger partial charge in [0.2, 0.25) is 0 Å². The molecule has 2 rings (SSSR count). The molecule has 0 radical (unpaired) electrons. The molecule has 1 aromatic carbocycles. The summed E-state index contributed by atoms with van der Waals surface area (Å²) in [6.45, 7) is 0.583. The molecule has 0 atom stereocenters. The average Bonchev–Trinajstić information content (AvgIpc) is 2.33. The lowest BCUT2D eigenvalue weighted by Gasteiger charge is -2.03. The number of halogens is 2. The number of nitrogens with one attached hydrogen (secondary N) is 1. The fourth-order valence-electron chi connectivity index (χ4n) is 1.53. The number of aryl methyl sites for hydroxylation is 1. The Morgan fingerprint density at radius 1 is 1.11 bits per heavy atom. The van der Waals surface area contributed by atoms with Crippen LogP contribution in [-0.2, 0) is 13.6 Å². The molecular weight excluding hydrogens is 361 g/mol. The molecule has 0 saturated heterocycles. The van der Waals surface area contributed by atoms with Crippen LogP contribution in [0.5, 0.6) is 0 Å². The number of anilines is 2. The number of hydrogen-bond donors (Lipinski definition) is 2. The molecule has 5 heteroatoms. The minimum atomic E-state index is 0. The second-order valence-electron chi connectivity index (χ2n) is 3.72. The van der Waals surface area contributed by atoms with Crippen LogP contribution in [0.4, 0.5) is 11.5 Å². The van der Waals surface area contributed by atoms with Crippen LogP contribution < -0.4 is 39.6 Å². The number of aromatic nitrogens is 1. The SMILES string of the molecule is C[n+]1ccccc1Nc1ccc(CN)cc1.Cl.[I-]. The molecule has 0 saturated carbocycles. The van der Waals surface area contributed by atoms with Crippen molar-refractivity contribution in [2.24, 2.45) is 12.8 Å². The number of nitrogens with two attached hydrogens (primary N) is 1. The van der Waals surface area contributed by atoms with E-state index in [0.717, 1.165) is 17.1 Å². The van der Waals surface area contributed by atoms with Crippen molar-refractivity contribution in [3.8, 4) is 0 Å². The van der Waals surface area contributed by atoms with Gasteiger partial charge in [-0.15, -0.1) is 12.4 Å². The van der Waals surface area contributed by atoms with E-state index in [1.54, 1.807) is 0 Å². The molecule has 0 aliphatic heterocycles. The van der Waals surface area contributed by atoms with Gasteiger partial charge in [0.05, 0.1) is 13.2 Å². The van der Waals surface area contributed by atoms with Crippen molar-refractivity contribution in [1.29, 1.82) is 0 Å². The summed E-state index contributed by atoms with van der Waals surface area (Å²) in [4.78, 5) is 0. The summed E-state index contributed by atoms with van der Waals surface area (Å²) in [5, 5.41) is 3.35. The van der Waals surface area contributed by atoms with Crippen molar-refractivity contribution in [3.05, 3.63) is 54.2 Å². The molecule has 2 aromatic rings. The predicted molar refractivity (Wildman–Crippen MR) is 72.5 cm³/mol. The van der Waals surface area contributed by atoms with E-state index in [1.807, 2.05) is 60.3 Å². The van der Waals surface area contributed by atoms with Gasteiger partial charge in [0, 0.05) is 12.6 Å². The fourth-order valence-corrected chi connectivity index (χ4v) is 1.53. The molecule has 3 N–H and O–H groups in total. The topological polar surface area (TPSA) is 41.9 Å². The van der Waals surface area contributed by atoms with Gasteiger partial charge in [0.1, 0.15) is 5.69 Å². The predicted octanol–water partition coefficient (Wildman–Crippen LogP) is -0.861. The number of rotatable bonds is 3. The van der Waals surface area contributed by atoms with E-state index in [9.17, 15) is 0 Å². The van der Waals surface area contributed by atoms with E-state index >= 15 is 0 Å². The van der Waals surface area contributed by atoms with Crippen LogP contribution in [0.15, 0.2) is 48.7 Å². The molecule has 98 valence electrons. The van der Waals surface area contributed by atoms with E-state index in [-0.39, 0.29) is 36.4 Å². The van der Waals surface area contributed by atoms with Gasteiger partial charge in [0.15, 0.2) is 0 Å². The first-order chi connectivity index (χ1) is 7.79. The minimum Gasteiger partial charge on any atom is -1.00 e. The van der Waals surface area contributed by atoms with Gasteiger partial charge in [0.25, 0.3) is 5.82 Å². The van der Waals surface area contributed by atoms with Gasteiger partial charge < -0.3 is 29.7 Å². The van der Waals surface area contributed by atoms with Crippen molar-refractivity contribution in [3.63, 3.8) is 0 Å². The maximum absolute atomic E-state index is 5.55. The first kappa shape index (κ1) is 17.2. The van der Waals surface area contributed by atoms with E-state index in [2.05, 4.69) is 5.32 Å². The average molecular weight is 378 g/mol. The molecule has 0 spiro atoms. The molecule has 0 aliphatic carbocycles. The summed E-state index contributed by atoms with van der Waals surface area (Å²) < 4.78 is 2.04. The Labute approximate surface area is 131 Å². The monoisotopic (exact) mass is 377 g/mol. The maximum atomic E-state index is 5.55. The van der Waals surface area contributed by atoms with Gasteiger partial charge in [-0.25, -0.2) is 9.88 Å². The second kappa shape index (κ2) is 8.29. The van der Waals surface area contributed by atoms with Crippen molar-refractivity contribution >= 4 is 23.9 Å². The molecular formula is C13H17ClIN3. The summed E-state index contributed by atoms with van der Waals surface area (Å²) in [5.41, 5.74) is 7.76. The third-order valence-corrected chi connectivity index (χ3v) is 2.52. The Hall–Kier alpha value is -0.850. The van der Waals surface area contributed by atoms with Crippen molar-refractivity contribution in [2.45, 2.75) is 6.54 Å². The van der Waals surface area contributed by atoms with E-state index < -0.39 is 0 Å². The molecule has 0 aliphatic rings. The van der Waals surface area contributed by atoms with Crippen LogP contribution in [0.3, 0.4) is 0 Å². The van der Waals surface area contributed by atoms with Gasteiger partial charge in [-0.3, -0.25) is 0 Å². The standard InChI is InChI=1S/C13H15N3.ClH.HI/c1-16-9-3-2-4-13(16)15-12-7-5-11(10-14)6-8-12;;/h2-9H,10,14H2,1H3;2*1H. The number of benzene rings is 1. The third-order valence-electron chi connectivity index (χ3n) is 2.52. The highest BCUT2D eigenvalue weighted by Gasteiger charge is 2.04. The largest absolute Gasteiger partial charge is 1.00 e. The summed E-state index contributed by atoms with van der Waals surface area (Å²) in [7, 11) is 2.01. The van der Waals surface area contributed by atoms with Crippen LogP contribution >= 0.6 is 12.4 Å². The maximum Gasteiger partial charge on any atom is 0.279 e. The Balaban J connectivity index is 0.00000144. The number of nitrogens with zero attached hydrogens (tertiary/aromatic N) is 1. The zero-order valence-corrected chi connectivity index (χ0v) is 13.1. The van der Waals surface area contributed by atoms with E-state index in [1.165, 1.54) is 0 Å². The summed E-state index contributed by atoms with van der Waals surface area (Å²) >= 11 is 0. The molecule has 0 bridgehead atoms. The van der Waals surface area contributed by atoms with Crippen LogP contribution in [0, 0.1) is 0 Å². The Bertz CT molecular complexity index is 474. The number of pyridine rings is 1. The summed E-state index contributed by atoms with van der Waals surface area (Å²) in [6, 6.07) is 14.2. The number of hydrogen-bond acceptors (Lipinski definition) is 2. The van der Waals surface area contributed by atoms with E-state index in [4.69, 9.17) is 5.73 Å². The van der Waals surface area contributed by atoms with Crippen molar-refractivity contribution in [2.75, 3.05) is 5.32 Å². The second-order valence-corrected chi connectivity index (χ2v) is 3.72. The lowest BCUT2D eigenvalue weighted by Crippen LogP contribution is -3.00. The lowest BCUT2D eigenvalue weighted by molar-refractivity contribution is -0.657. The summed E-state index contributed by atoms with van der Waals surface area (Å²) in [5.74, 6) is 1.06. The Morgan fingerprint density at radius 3 is 2.33 bits per heavy atom. The molecule has 3 nitrogen and oxygen atoms in total. The highest BCUT2D eigenvalue weighted by molar-refractivity contribution is 5.85. The molecule has 0 amide bonds. The van der Waals surface area contributed by atoms with Gasteiger partial charge in [-0.2, -0.15) is 0 Å². The van der Waals surface area contributed by atoms with Crippen molar-refractivity contribution < 1.29 is 28.5 Å². The third kappa shape index (κ3) is 4.44. The molecule has 18 heavy (non-hydrogen) atoms. The minimum absolute atomic E-state index is 0. The highest BCUT2D eigenvalue weighted by Crippen LogP contribution is 2.13. The van der Waals surface area contributed by atoms with Crippen LogP contribution in [-0.4, -0.2) is 0 Å². The van der Waals surface area contributed by atoms with Gasteiger partial charge >= 0.3 is 0 Å². The molecule has 1 aromatic heterocycles. The fraction of sp³-hybridized carbons (Fsp3) is 0.154. The zero-order valence-electron chi connectivity index (χ0n) is 10.1. The molecule has 0 fully saturated rings. The van der Waals surface area contributed by atoms with Gasteiger partial charge in [-0.05, 0) is 23.8 Å². The smallest absolute Gasteiger partial charge is 0.279 e. The van der Waals surface area contributed by atoms with Gasteiger partial charge in [-0.1, -0.05) is 18.2 Å². The first-order valence-electron chi connectivity index (χ1n) is 5.30. The van der Waals surface area contributed by atoms with E-state index in [0.29, 0.717) is 6.54 Å². The molecule has 0 unspecified atom stereocenters. The van der Waals surface area contributed by atoms with Crippen LogP contribution in [0.2, 0.25) is 0 Å². The molecule has 1 heterocycles. The van der Waals surface area contributed by atoms with Crippen LogP contribution in [0.25, 0.3) is 0 Å². The summed E-state index contributed by atoms with van der Waals surface area (Å²) in [6.07, 6.45) is 2.01. The normalized spacial score (nSPS) is 9.00. The Morgan fingerprint density at radius 2 is 1.78 bits per heavy atom. The quantitative estimate of drug-likeness (QED) is 0.540. The first-order valence-corrected chi connectivity index (χ1v) is 5.30. The Kier molecular flexibility index (Phi) is 7.90.